The van der Waals surface area contributed by atoms with E-state index in [9.17, 15) is 9.59 Å². The Morgan fingerprint density at radius 1 is 1.29 bits per heavy atom. The number of β-lactam (4-membered cyclic amide) rings is 1. The number of carbonyl (C=O) groups excluding carboxylic acids is 2. The van der Waals surface area contributed by atoms with Gasteiger partial charge < -0.3 is 19.1 Å². The normalized spacial score (nSPS) is 17.2. The number of methoxy groups -OCH3 is 3. The lowest BCUT2D eigenvalue weighted by atomic mass is 10.2. The van der Waals surface area contributed by atoms with Crippen molar-refractivity contribution in [3.05, 3.63) is 18.2 Å². The molecule has 7 heteroatoms. The highest BCUT2D eigenvalue weighted by Gasteiger charge is 2.38. The van der Waals surface area contributed by atoms with Crippen LogP contribution in [0, 0.1) is 0 Å². The van der Waals surface area contributed by atoms with Gasteiger partial charge in [0.1, 0.15) is 6.54 Å². The van der Waals surface area contributed by atoms with Crippen molar-refractivity contribution < 1.29 is 23.8 Å². The molecule has 1 atom stereocenters. The summed E-state index contributed by atoms with van der Waals surface area (Å²) in [4.78, 5) is 25.3. The maximum Gasteiger partial charge on any atom is 0.325 e. The van der Waals surface area contributed by atoms with Crippen molar-refractivity contribution in [2.75, 3.05) is 27.9 Å². The molecule has 1 saturated heterocycles. The highest BCUT2D eigenvalue weighted by Crippen LogP contribution is 2.38. The largest absolute Gasteiger partial charge is 0.493 e. The van der Waals surface area contributed by atoms with Crippen LogP contribution in [0.25, 0.3) is 0 Å². The molecule has 1 aromatic carbocycles. The first-order chi connectivity index (χ1) is 10.1. The first-order valence-electron chi connectivity index (χ1n) is 6.34. The fraction of sp³-hybridized carbons (Fsp3) is 0.429. The summed E-state index contributed by atoms with van der Waals surface area (Å²) in [6.07, 6.45) is 0.413. The highest BCUT2D eigenvalue weighted by atomic mass is 32.2. The van der Waals surface area contributed by atoms with E-state index in [1.807, 2.05) is 18.2 Å². The summed E-state index contributed by atoms with van der Waals surface area (Å²) in [5.74, 6) is 0.824. The molecule has 2 rings (SSSR count). The van der Waals surface area contributed by atoms with Gasteiger partial charge in [0, 0.05) is 4.90 Å². The SMILES string of the molecule is COC(=O)CN1C(=O)CC1Sc1ccc(OC)c(OC)c1. The topological polar surface area (TPSA) is 65.1 Å². The van der Waals surface area contributed by atoms with Gasteiger partial charge in [-0.2, -0.15) is 0 Å². The summed E-state index contributed by atoms with van der Waals surface area (Å²) in [5, 5.41) is -0.0605. The lowest BCUT2D eigenvalue weighted by molar-refractivity contribution is -0.153. The molecule has 1 aliphatic rings. The predicted molar refractivity (Wildman–Crippen MR) is 77.5 cm³/mol. The molecular weight excluding hydrogens is 294 g/mol. The molecule has 0 aromatic heterocycles. The minimum absolute atomic E-state index is 0.0136. The zero-order valence-corrected chi connectivity index (χ0v) is 12.9. The molecule has 0 saturated carbocycles. The van der Waals surface area contributed by atoms with Gasteiger partial charge in [-0.05, 0) is 18.2 Å². The molecule has 114 valence electrons. The summed E-state index contributed by atoms with van der Waals surface area (Å²) in [5.41, 5.74) is 0. The maximum atomic E-state index is 11.6. The molecule has 1 amide bonds. The number of likely N-dealkylation sites (tertiary alicyclic amines) is 1. The maximum absolute atomic E-state index is 11.6. The Hall–Kier alpha value is -1.89. The van der Waals surface area contributed by atoms with Crippen LogP contribution in [0.3, 0.4) is 0 Å². The Morgan fingerprint density at radius 2 is 2.00 bits per heavy atom. The lowest BCUT2D eigenvalue weighted by Gasteiger charge is -2.38. The van der Waals surface area contributed by atoms with Crippen LogP contribution in [-0.2, 0) is 14.3 Å². The van der Waals surface area contributed by atoms with Crippen molar-refractivity contribution in [3.63, 3.8) is 0 Å². The van der Waals surface area contributed by atoms with Crippen molar-refractivity contribution in [3.8, 4) is 11.5 Å². The van der Waals surface area contributed by atoms with Crippen molar-refractivity contribution in [1.82, 2.24) is 4.90 Å². The Balaban J connectivity index is 2.04. The van der Waals surface area contributed by atoms with E-state index < -0.39 is 5.97 Å². The Bertz CT molecular complexity index is 548. The van der Waals surface area contributed by atoms with E-state index in [2.05, 4.69) is 4.74 Å². The molecule has 21 heavy (non-hydrogen) atoms. The molecule has 0 spiro atoms. The van der Waals surface area contributed by atoms with Crippen molar-refractivity contribution >= 4 is 23.6 Å². The van der Waals surface area contributed by atoms with Crippen LogP contribution >= 0.6 is 11.8 Å². The average molecular weight is 311 g/mol. The molecule has 1 fully saturated rings. The fourth-order valence-corrected chi connectivity index (χ4v) is 3.15. The van der Waals surface area contributed by atoms with Gasteiger partial charge in [-0.25, -0.2) is 0 Å². The van der Waals surface area contributed by atoms with Crippen molar-refractivity contribution in [1.29, 1.82) is 0 Å². The molecule has 1 aromatic rings. The van der Waals surface area contributed by atoms with Gasteiger partial charge in [-0.1, -0.05) is 0 Å². The standard InChI is InChI=1S/C14H17NO5S/c1-18-10-5-4-9(6-11(10)19-2)21-13-7-12(16)15(13)8-14(17)20-3/h4-6,13H,7-8H2,1-3H3. The monoisotopic (exact) mass is 311 g/mol. The zero-order chi connectivity index (χ0) is 15.4. The minimum atomic E-state index is -0.416. The quantitative estimate of drug-likeness (QED) is 0.586. The molecular formula is C14H17NO5S. The summed E-state index contributed by atoms with van der Waals surface area (Å²) in [6.45, 7) is -0.0136. The second-order valence-electron chi connectivity index (χ2n) is 4.39. The van der Waals surface area contributed by atoms with E-state index in [-0.39, 0.29) is 17.8 Å². The number of nitrogens with zero attached hydrogens (tertiary/aromatic N) is 1. The van der Waals surface area contributed by atoms with E-state index >= 15 is 0 Å². The van der Waals surface area contributed by atoms with Gasteiger partial charge in [0.15, 0.2) is 11.5 Å². The number of thioether (sulfide) groups is 1. The second kappa shape index (κ2) is 6.71. The van der Waals surface area contributed by atoms with Crippen LogP contribution in [-0.4, -0.2) is 50.0 Å². The van der Waals surface area contributed by atoms with Crippen LogP contribution in [0.5, 0.6) is 11.5 Å². The summed E-state index contributed by atoms with van der Waals surface area (Å²) >= 11 is 1.51. The molecule has 0 radical (unpaired) electrons. The Kier molecular flexibility index (Phi) is 4.95. The van der Waals surface area contributed by atoms with Gasteiger partial charge in [0.25, 0.3) is 0 Å². The summed E-state index contributed by atoms with van der Waals surface area (Å²) in [7, 11) is 4.46. The number of benzene rings is 1. The summed E-state index contributed by atoms with van der Waals surface area (Å²) < 4.78 is 15.0. The van der Waals surface area contributed by atoms with Crippen LogP contribution in [0.1, 0.15) is 6.42 Å². The number of esters is 1. The molecule has 1 unspecified atom stereocenters. The van der Waals surface area contributed by atoms with Crippen LogP contribution in [0.2, 0.25) is 0 Å². The number of hydrogen-bond acceptors (Lipinski definition) is 6. The highest BCUT2D eigenvalue weighted by molar-refractivity contribution is 8.00. The first-order valence-corrected chi connectivity index (χ1v) is 7.22. The molecule has 0 bridgehead atoms. The molecule has 1 aliphatic heterocycles. The van der Waals surface area contributed by atoms with Crippen LogP contribution in [0.4, 0.5) is 0 Å². The summed E-state index contributed by atoms with van der Waals surface area (Å²) in [6, 6.07) is 5.56. The van der Waals surface area contributed by atoms with Crippen LogP contribution < -0.4 is 9.47 Å². The molecule has 6 nitrogen and oxygen atoms in total. The molecule has 0 N–H and O–H groups in total. The van der Waals surface area contributed by atoms with E-state index in [0.29, 0.717) is 17.9 Å². The molecule has 0 aliphatic carbocycles. The number of ether oxygens (including phenoxy) is 3. The van der Waals surface area contributed by atoms with Crippen LogP contribution in [0.15, 0.2) is 23.1 Å². The smallest absolute Gasteiger partial charge is 0.325 e. The third-order valence-electron chi connectivity index (χ3n) is 3.17. The number of rotatable bonds is 6. The van der Waals surface area contributed by atoms with Gasteiger partial charge in [-0.3, -0.25) is 9.59 Å². The number of hydrogen-bond donors (Lipinski definition) is 0. The third kappa shape index (κ3) is 3.41. The van der Waals surface area contributed by atoms with E-state index in [4.69, 9.17) is 9.47 Å². The lowest BCUT2D eigenvalue weighted by Crippen LogP contribution is -2.52. The first kappa shape index (κ1) is 15.5. The Labute approximate surface area is 127 Å². The minimum Gasteiger partial charge on any atom is -0.493 e. The third-order valence-corrected chi connectivity index (χ3v) is 4.39. The zero-order valence-electron chi connectivity index (χ0n) is 12.1. The Morgan fingerprint density at radius 3 is 2.57 bits per heavy atom. The van der Waals surface area contributed by atoms with E-state index in [1.54, 1.807) is 14.2 Å². The van der Waals surface area contributed by atoms with E-state index in [1.165, 1.54) is 23.8 Å². The van der Waals surface area contributed by atoms with E-state index in [0.717, 1.165) is 4.90 Å². The molecule has 1 heterocycles. The van der Waals surface area contributed by atoms with Crippen molar-refractivity contribution in [2.24, 2.45) is 0 Å². The average Bonchev–Trinajstić information content (AvgIpc) is 2.51. The number of carbonyl (C=O) groups is 2. The van der Waals surface area contributed by atoms with Gasteiger partial charge in [0.05, 0.1) is 33.1 Å². The number of amides is 1. The van der Waals surface area contributed by atoms with Gasteiger partial charge in [0.2, 0.25) is 5.91 Å². The predicted octanol–water partition coefficient (Wildman–Crippen LogP) is 1.53. The second-order valence-corrected chi connectivity index (χ2v) is 5.64. The van der Waals surface area contributed by atoms with Gasteiger partial charge in [-0.15, -0.1) is 11.8 Å². The van der Waals surface area contributed by atoms with Gasteiger partial charge >= 0.3 is 5.97 Å². The fourth-order valence-electron chi connectivity index (χ4n) is 1.97. The van der Waals surface area contributed by atoms with Crippen molar-refractivity contribution in [2.45, 2.75) is 16.7 Å².